The second-order valence-corrected chi connectivity index (χ2v) is 4.58. The summed E-state index contributed by atoms with van der Waals surface area (Å²) in [5.41, 5.74) is 2.95. The lowest BCUT2D eigenvalue weighted by molar-refractivity contribution is -0.139. The van der Waals surface area contributed by atoms with Gasteiger partial charge in [0.2, 0.25) is 0 Å². The van der Waals surface area contributed by atoms with E-state index in [1.54, 1.807) is 0 Å². The van der Waals surface area contributed by atoms with Gasteiger partial charge in [-0.15, -0.1) is 0 Å². The number of ether oxygens (including phenoxy) is 1. The molecule has 0 saturated heterocycles. The standard InChI is InChI=1S/C13H15NO2/c1-16-11(15)7-14-13-10-6-8-4-2-3-5-9(8)12(10)13/h2-5,10,12-14H,6-7H2,1H3. The van der Waals surface area contributed by atoms with Gasteiger partial charge >= 0.3 is 5.97 Å². The molecular weight excluding hydrogens is 202 g/mol. The summed E-state index contributed by atoms with van der Waals surface area (Å²) in [6.45, 7) is 0.330. The molecule has 0 heterocycles. The van der Waals surface area contributed by atoms with E-state index in [1.807, 2.05) is 0 Å². The van der Waals surface area contributed by atoms with Crippen molar-refractivity contribution in [3.8, 4) is 0 Å². The summed E-state index contributed by atoms with van der Waals surface area (Å²) in [5.74, 6) is 1.14. The summed E-state index contributed by atoms with van der Waals surface area (Å²) < 4.78 is 4.62. The van der Waals surface area contributed by atoms with Crippen LogP contribution in [0.4, 0.5) is 0 Å². The summed E-state index contributed by atoms with van der Waals surface area (Å²) >= 11 is 0. The van der Waals surface area contributed by atoms with Crippen LogP contribution in [0.5, 0.6) is 0 Å². The summed E-state index contributed by atoms with van der Waals surface area (Å²) in [5, 5.41) is 3.28. The Morgan fingerprint density at radius 3 is 3.12 bits per heavy atom. The predicted octanol–water partition coefficient (Wildman–Crippen LogP) is 1.09. The first-order valence-electron chi connectivity index (χ1n) is 5.69. The first kappa shape index (κ1) is 9.85. The average Bonchev–Trinajstić information content (AvgIpc) is 2.85. The Morgan fingerprint density at radius 1 is 1.50 bits per heavy atom. The molecule has 3 unspecified atom stereocenters. The van der Waals surface area contributed by atoms with Gasteiger partial charge in [-0.3, -0.25) is 4.79 Å². The minimum atomic E-state index is -0.182. The predicted molar refractivity (Wildman–Crippen MR) is 60.2 cm³/mol. The normalized spacial score (nSPS) is 29.4. The molecule has 84 valence electrons. The summed E-state index contributed by atoms with van der Waals surface area (Å²) in [6, 6.07) is 9.09. The van der Waals surface area contributed by atoms with E-state index < -0.39 is 0 Å². The molecule has 0 aliphatic heterocycles. The largest absolute Gasteiger partial charge is 0.468 e. The third-order valence-corrected chi connectivity index (χ3v) is 3.75. The number of esters is 1. The zero-order valence-electron chi connectivity index (χ0n) is 9.27. The molecule has 2 aliphatic carbocycles. The van der Waals surface area contributed by atoms with E-state index in [9.17, 15) is 4.79 Å². The van der Waals surface area contributed by atoms with Gasteiger partial charge in [0.05, 0.1) is 13.7 Å². The summed E-state index contributed by atoms with van der Waals surface area (Å²) in [7, 11) is 1.42. The number of nitrogens with one attached hydrogen (secondary N) is 1. The van der Waals surface area contributed by atoms with Crippen molar-refractivity contribution in [3.63, 3.8) is 0 Å². The molecule has 16 heavy (non-hydrogen) atoms. The molecule has 3 rings (SSSR count). The van der Waals surface area contributed by atoms with Crippen LogP contribution in [0.3, 0.4) is 0 Å². The average molecular weight is 217 g/mol. The molecule has 2 aliphatic rings. The minimum Gasteiger partial charge on any atom is -0.468 e. The number of benzene rings is 1. The Bertz CT molecular complexity index is 430. The number of methoxy groups -OCH3 is 1. The first-order valence-corrected chi connectivity index (χ1v) is 5.69. The van der Waals surface area contributed by atoms with Gasteiger partial charge < -0.3 is 10.1 Å². The highest BCUT2D eigenvalue weighted by Crippen LogP contribution is 2.56. The maximum absolute atomic E-state index is 11.0. The van der Waals surface area contributed by atoms with Crippen molar-refractivity contribution in [2.24, 2.45) is 5.92 Å². The van der Waals surface area contributed by atoms with E-state index in [-0.39, 0.29) is 5.97 Å². The number of fused-ring (bicyclic) bond motifs is 3. The lowest BCUT2D eigenvalue weighted by Crippen LogP contribution is -2.28. The summed E-state index contributed by atoms with van der Waals surface area (Å²) in [6.07, 6.45) is 1.15. The highest BCUT2D eigenvalue weighted by molar-refractivity contribution is 5.71. The van der Waals surface area contributed by atoms with Crippen molar-refractivity contribution in [2.45, 2.75) is 18.4 Å². The summed E-state index contributed by atoms with van der Waals surface area (Å²) in [4.78, 5) is 11.0. The molecule has 0 bridgehead atoms. The quantitative estimate of drug-likeness (QED) is 0.770. The number of carbonyl (C=O) groups is 1. The third kappa shape index (κ3) is 1.43. The zero-order valence-corrected chi connectivity index (χ0v) is 9.27. The van der Waals surface area contributed by atoms with E-state index in [0.29, 0.717) is 24.4 Å². The molecule has 0 aromatic heterocycles. The molecule has 0 amide bonds. The SMILES string of the molecule is COC(=O)CNC1C2Cc3ccccc3C21. The Kier molecular flexibility index (Phi) is 2.21. The minimum absolute atomic E-state index is 0.182. The van der Waals surface area contributed by atoms with Gasteiger partial charge in [0.25, 0.3) is 0 Å². The Morgan fingerprint density at radius 2 is 2.31 bits per heavy atom. The van der Waals surface area contributed by atoms with E-state index in [4.69, 9.17) is 0 Å². The van der Waals surface area contributed by atoms with E-state index in [1.165, 1.54) is 18.2 Å². The van der Waals surface area contributed by atoms with Gasteiger partial charge in [0.1, 0.15) is 0 Å². The molecule has 3 atom stereocenters. The molecule has 1 saturated carbocycles. The second-order valence-electron chi connectivity index (χ2n) is 4.58. The molecule has 1 fully saturated rings. The number of carbonyl (C=O) groups excluding carboxylic acids is 1. The second kappa shape index (κ2) is 3.59. The Labute approximate surface area is 94.8 Å². The van der Waals surface area contributed by atoms with Crippen LogP contribution in [0.1, 0.15) is 17.0 Å². The van der Waals surface area contributed by atoms with Crippen molar-refractivity contribution in [2.75, 3.05) is 13.7 Å². The van der Waals surface area contributed by atoms with Crippen LogP contribution in [0.25, 0.3) is 0 Å². The van der Waals surface area contributed by atoms with Crippen molar-refractivity contribution in [1.29, 1.82) is 0 Å². The van der Waals surface area contributed by atoms with Crippen molar-refractivity contribution >= 4 is 5.97 Å². The Balaban J connectivity index is 1.63. The fourth-order valence-electron chi connectivity index (χ4n) is 2.90. The maximum atomic E-state index is 11.0. The van der Waals surface area contributed by atoms with E-state index in [2.05, 4.69) is 34.3 Å². The smallest absolute Gasteiger partial charge is 0.319 e. The first-order chi connectivity index (χ1) is 7.81. The fourth-order valence-corrected chi connectivity index (χ4v) is 2.90. The van der Waals surface area contributed by atoms with E-state index >= 15 is 0 Å². The fraction of sp³-hybridized carbons (Fsp3) is 0.462. The molecule has 1 aromatic carbocycles. The van der Waals surface area contributed by atoms with Crippen LogP contribution in [0, 0.1) is 5.92 Å². The van der Waals surface area contributed by atoms with E-state index in [0.717, 1.165) is 6.42 Å². The molecule has 0 radical (unpaired) electrons. The van der Waals surface area contributed by atoms with Crippen LogP contribution in [-0.2, 0) is 16.0 Å². The van der Waals surface area contributed by atoms with Crippen molar-refractivity contribution in [3.05, 3.63) is 35.4 Å². The highest BCUT2D eigenvalue weighted by Gasteiger charge is 2.55. The topological polar surface area (TPSA) is 38.3 Å². The monoisotopic (exact) mass is 217 g/mol. The lowest BCUT2D eigenvalue weighted by Gasteiger charge is -2.08. The van der Waals surface area contributed by atoms with Gasteiger partial charge in [-0.05, 0) is 23.5 Å². The zero-order chi connectivity index (χ0) is 11.1. The van der Waals surface area contributed by atoms with Crippen LogP contribution in [0.2, 0.25) is 0 Å². The molecular formula is C13H15NO2. The third-order valence-electron chi connectivity index (χ3n) is 3.75. The lowest BCUT2D eigenvalue weighted by atomic mass is 10.1. The van der Waals surface area contributed by atoms with Gasteiger partial charge in [0.15, 0.2) is 0 Å². The van der Waals surface area contributed by atoms with Crippen LogP contribution < -0.4 is 5.32 Å². The van der Waals surface area contributed by atoms with Crippen LogP contribution >= 0.6 is 0 Å². The van der Waals surface area contributed by atoms with Gasteiger partial charge in [-0.2, -0.15) is 0 Å². The number of hydrogen-bond donors (Lipinski definition) is 1. The number of rotatable bonds is 3. The van der Waals surface area contributed by atoms with Crippen LogP contribution in [-0.4, -0.2) is 25.7 Å². The van der Waals surface area contributed by atoms with Gasteiger partial charge in [0, 0.05) is 12.0 Å². The van der Waals surface area contributed by atoms with Gasteiger partial charge in [-0.1, -0.05) is 24.3 Å². The molecule has 1 aromatic rings. The molecule has 1 N–H and O–H groups in total. The van der Waals surface area contributed by atoms with Crippen LogP contribution in [0.15, 0.2) is 24.3 Å². The van der Waals surface area contributed by atoms with Gasteiger partial charge in [-0.25, -0.2) is 0 Å². The van der Waals surface area contributed by atoms with Crippen molar-refractivity contribution in [1.82, 2.24) is 5.32 Å². The van der Waals surface area contributed by atoms with Crippen molar-refractivity contribution < 1.29 is 9.53 Å². The maximum Gasteiger partial charge on any atom is 0.319 e. The molecule has 3 heteroatoms. The highest BCUT2D eigenvalue weighted by atomic mass is 16.5. The number of hydrogen-bond acceptors (Lipinski definition) is 3. The Hall–Kier alpha value is -1.35. The molecule has 0 spiro atoms. The molecule has 3 nitrogen and oxygen atoms in total.